The molecule has 0 saturated heterocycles. The molecule has 0 unspecified atom stereocenters. The molecule has 0 aliphatic heterocycles. The van der Waals surface area contributed by atoms with Crippen molar-refractivity contribution in [3.63, 3.8) is 0 Å². The van der Waals surface area contributed by atoms with E-state index in [0.717, 1.165) is 0 Å². The van der Waals surface area contributed by atoms with Crippen LogP contribution in [0.3, 0.4) is 0 Å². The highest BCUT2D eigenvalue weighted by Crippen LogP contribution is 2.27. The molecule has 2 aromatic carbocycles. The van der Waals surface area contributed by atoms with Crippen molar-refractivity contribution in [3.05, 3.63) is 57.8 Å². The van der Waals surface area contributed by atoms with Crippen LogP contribution in [0.4, 0.5) is 10.1 Å². The normalized spacial score (nSPS) is 9.96. The molecular weight excluding hydrogens is 421 g/mol. The number of thiocarbonyl (C=S) groups is 1. The van der Waals surface area contributed by atoms with E-state index in [1.54, 1.807) is 30.3 Å². The average molecular weight is 433 g/mol. The summed E-state index contributed by atoms with van der Waals surface area (Å²) in [7, 11) is 0. The Kier molecular flexibility index (Phi) is 6.77. The van der Waals surface area contributed by atoms with Gasteiger partial charge in [0, 0.05) is 5.02 Å². The minimum absolute atomic E-state index is 0.0427. The van der Waals surface area contributed by atoms with Crippen molar-refractivity contribution in [2.24, 2.45) is 0 Å². The van der Waals surface area contributed by atoms with Gasteiger partial charge >= 0.3 is 0 Å². The predicted molar refractivity (Wildman–Crippen MR) is 98.5 cm³/mol. The van der Waals surface area contributed by atoms with Crippen molar-refractivity contribution >= 4 is 56.5 Å². The smallest absolute Gasteiger partial charge is 0.276 e. The monoisotopic (exact) mass is 431 g/mol. The number of halogens is 3. The lowest BCUT2D eigenvalue weighted by Gasteiger charge is -2.13. The Labute approximate surface area is 156 Å². The van der Waals surface area contributed by atoms with Gasteiger partial charge in [0.15, 0.2) is 11.7 Å². The summed E-state index contributed by atoms with van der Waals surface area (Å²) >= 11 is 14.1. The standard InChI is InChI=1S/C15H12BrClFN3O2S/c16-10-7-9(17)5-6-13(10)23-8-14(22)20-21-15(24)19-12-4-2-1-3-11(12)18/h1-7H,8H2,(H,20,22)(H2,19,21,24). The third kappa shape index (κ3) is 5.63. The van der Waals surface area contributed by atoms with Crippen LogP contribution in [0, 0.1) is 5.82 Å². The first-order valence-electron chi connectivity index (χ1n) is 6.64. The third-order valence-corrected chi connectivity index (χ3v) is 3.75. The lowest BCUT2D eigenvalue weighted by molar-refractivity contribution is -0.123. The van der Waals surface area contributed by atoms with Gasteiger partial charge in [0.2, 0.25) is 0 Å². The van der Waals surface area contributed by atoms with E-state index in [0.29, 0.717) is 15.2 Å². The second kappa shape index (κ2) is 8.81. The number of anilines is 1. The molecule has 0 fully saturated rings. The lowest BCUT2D eigenvalue weighted by Crippen LogP contribution is -2.45. The Morgan fingerprint density at radius 1 is 1.25 bits per heavy atom. The Morgan fingerprint density at radius 2 is 2.00 bits per heavy atom. The third-order valence-electron chi connectivity index (χ3n) is 2.69. The van der Waals surface area contributed by atoms with Gasteiger partial charge in [0.05, 0.1) is 10.2 Å². The van der Waals surface area contributed by atoms with E-state index < -0.39 is 11.7 Å². The molecule has 126 valence electrons. The maximum absolute atomic E-state index is 13.5. The zero-order chi connectivity index (χ0) is 17.5. The van der Waals surface area contributed by atoms with E-state index in [9.17, 15) is 9.18 Å². The van der Waals surface area contributed by atoms with Crippen LogP contribution >= 0.6 is 39.7 Å². The number of para-hydroxylation sites is 1. The van der Waals surface area contributed by atoms with E-state index in [4.69, 9.17) is 28.6 Å². The molecule has 24 heavy (non-hydrogen) atoms. The maximum Gasteiger partial charge on any atom is 0.276 e. The number of carbonyl (C=O) groups excluding carboxylic acids is 1. The van der Waals surface area contributed by atoms with Crippen LogP contribution in [-0.4, -0.2) is 17.6 Å². The summed E-state index contributed by atoms with van der Waals surface area (Å²) in [4.78, 5) is 11.7. The number of hydrogen-bond acceptors (Lipinski definition) is 3. The predicted octanol–water partition coefficient (Wildman–Crippen LogP) is 3.64. The van der Waals surface area contributed by atoms with Crippen LogP contribution in [0.2, 0.25) is 5.02 Å². The Morgan fingerprint density at radius 3 is 2.71 bits per heavy atom. The van der Waals surface area contributed by atoms with Crippen LogP contribution < -0.4 is 20.9 Å². The largest absolute Gasteiger partial charge is 0.483 e. The number of amides is 1. The van der Waals surface area contributed by atoms with Gasteiger partial charge in [0.1, 0.15) is 11.6 Å². The Hall–Kier alpha value is -1.90. The summed E-state index contributed by atoms with van der Waals surface area (Å²) in [6.45, 7) is -0.241. The quantitative estimate of drug-likeness (QED) is 0.509. The fourth-order valence-corrected chi connectivity index (χ4v) is 2.57. The van der Waals surface area contributed by atoms with Gasteiger partial charge in [-0.15, -0.1) is 0 Å². The molecule has 0 radical (unpaired) electrons. The zero-order valence-electron chi connectivity index (χ0n) is 12.1. The first kappa shape index (κ1) is 18.4. The van der Waals surface area contributed by atoms with Crippen molar-refractivity contribution in [2.45, 2.75) is 0 Å². The molecular formula is C15H12BrClFN3O2S. The van der Waals surface area contributed by atoms with Gasteiger partial charge in [-0.2, -0.15) is 0 Å². The molecule has 0 spiro atoms. The van der Waals surface area contributed by atoms with Crippen molar-refractivity contribution < 1.29 is 13.9 Å². The van der Waals surface area contributed by atoms with Gasteiger partial charge in [-0.25, -0.2) is 4.39 Å². The average Bonchev–Trinajstić information content (AvgIpc) is 2.54. The van der Waals surface area contributed by atoms with Crippen molar-refractivity contribution in [3.8, 4) is 5.75 Å². The minimum Gasteiger partial charge on any atom is -0.483 e. The highest BCUT2D eigenvalue weighted by Gasteiger charge is 2.07. The summed E-state index contributed by atoms with van der Waals surface area (Å²) in [5, 5.41) is 3.21. The fourth-order valence-electron chi connectivity index (χ4n) is 1.61. The first-order chi connectivity index (χ1) is 11.5. The van der Waals surface area contributed by atoms with Crippen molar-refractivity contribution in [1.82, 2.24) is 10.9 Å². The number of nitrogens with one attached hydrogen (secondary N) is 3. The zero-order valence-corrected chi connectivity index (χ0v) is 15.3. The van der Waals surface area contributed by atoms with Crippen LogP contribution in [0.25, 0.3) is 0 Å². The van der Waals surface area contributed by atoms with Gasteiger partial charge in [-0.3, -0.25) is 15.6 Å². The molecule has 0 bridgehead atoms. The van der Waals surface area contributed by atoms with Crippen LogP contribution in [-0.2, 0) is 4.79 Å². The number of benzene rings is 2. The molecule has 0 aliphatic rings. The topological polar surface area (TPSA) is 62.4 Å². The number of rotatable bonds is 4. The Balaban J connectivity index is 1.76. The van der Waals surface area contributed by atoms with E-state index in [2.05, 4.69) is 32.1 Å². The molecule has 0 heterocycles. The molecule has 5 nitrogen and oxygen atoms in total. The minimum atomic E-state index is -0.463. The first-order valence-corrected chi connectivity index (χ1v) is 8.22. The maximum atomic E-state index is 13.5. The van der Waals surface area contributed by atoms with Gasteiger partial charge in [-0.05, 0) is 58.5 Å². The molecule has 0 aromatic heterocycles. The highest BCUT2D eigenvalue weighted by molar-refractivity contribution is 9.10. The second-order valence-electron chi connectivity index (χ2n) is 4.47. The number of hydrazine groups is 1. The second-order valence-corrected chi connectivity index (χ2v) is 6.17. The molecule has 0 atom stereocenters. The highest BCUT2D eigenvalue weighted by atomic mass is 79.9. The molecule has 0 saturated carbocycles. The van der Waals surface area contributed by atoms with Crippen LogP contribution in [0.15, 0.2) is 46.9 Å². The molecule has 2 rings (SSSR count). The summed E-state index contributed by atoms with van der Waals surface area (Å²) in [6, 6.07) is 11.0. The lowest BCUT2D eigenvalue weighted by atomic mass is 10.3. The van der Waals surface area contributed by atoms with Crippen molar-refractivity contribution in [1.29, 1.82) is 0 Å². The summed E-state index contributed by atoms with van der Waals surface area (Å²) in [5.74, 6) is -0.444. The molecule has 1 amide bonds. The van der Waals surface area contributed by atoms with Gasteiger partial charge < -0.3 is 10.1 Å². The summed E-state index contributed by atoms with van der Waals surface area (Å²) < 4.78 is 19.4. The van der Waals surface area contributed by atoms with Gasteiger partial charge in [-0.1, -0.05) is 23.7 Å². The van der Waals surface area contributed by atoms with Crippen LogP contribution in [0.1, 0.15) is 0 Å². The van der Waals surface area contributed by atoms with E-state index in [-0.39, 0.29) is 17.4 Å². The number of hydrogen-bond donors (Lipinski definition) is 3. The van der Waals surface area contributed by atoms with Crippen LogP contribution in [0.5, 0.6) is 5.75 Å². The number of ether oxygens (including phenoxy) is 1. The number of carbonyl (C=O) groups is 1. The SMILES string of the molecule is O=C(COc1ccc(Cl)cc1Br)NNC(=S)Nc1ccccc1F. The molecule has 9 heteroatoms. The van der Waals surface area contributed by atoms with Crippen molar-refractivity contribution in [2.75, 3.05) is 11.9 Å². The summed E-state index contributed by atoms with van der Waals surface area (Å²) in [5.41, 5.74) is 5.00. The molecule has 2 aromatic rings. The molecule has 0 aliphatic carbocycles. The van der Waals surface area contributed by atoms with E-state index >= 15 is 0 Å². The fraction of sp³-hybridized carbons (Fsp3) is 0.0667. The molecule has 3 N–H and O–H groups in total. The Bertz CT molecular complexity index is 763. The van der Waals surface area contributed by atoms with E-state index in [1.807, 2.05) is 0 Å². The van der Waals surface area contributed by atoms with E-state index in [1.165, 1.54) is 12.1 Å². The van der Waals surface area contributed by atoms with Gasteiger partial charge in [0.25, 0.3) is 5.91 Å². The summed E-state index contributed by atoms with van der Waals surface area (Å²) in [6.07, 6.45) is 0.